The molecular formula is C9H18N2. The van der Waals surface area contributed by atoms with E-state index in [1.165, 1.54) is 39.0 Å². The average molecular weight is 154 g/mol. The van der Waals surface area contributed by atoms with Gasteiger partial charge in [-0.25, -0.2) is 0 Å². The third-order valence-electron chi connectivity index (χ3n) is 3.02. The fraction of sp³-hybridized carbons (Fsp3) is 1.00. The second-order valence-electron chi connectivity index (χ2n) is 4.02. The van der Waals surface area contributed by atoms with Crippen molar-refractivity contribution >= 4 is 0 Å². The first-order valence-electron chi connectivity index (χ1n) is 4.81. The zero-order valence-corrected chi connectivity index (χ0v) is 7.34. The molecule has 0 atom stereocenters. The lowest BCUT2D eigenvalue weighted by Crippen LogP contribution is -2.52. The van der Waals surface area contributed by atoms with Gasteiger partial charge in [0, 0.05) is 32.2 Å². The lowest BCUT2D eigenvalue weighted by Gasteiger charge is -2.43. The number of hydrogen-bond acceptors (Lipinski definition) is 2. The minimum atomic E-state index is 0.937. The van der Waals surface area contributed by atoms with Gasteiger partial charge in [0.15, 0.2) is 0 Å². The smallest absolute Gasteiger partial charge is 0.0110 e. The van der Waals surface area contributed by atoms with Crippen molar-refractivity contribution in [2.24, 2.45) is 5.92 Å². The molecular weight excluding hydrogens is 136 g/mol. The molecule has 1 saturated carbocycles. The first-order chi connectivity index (χ1) is 5.36. The Kier molecular flexibility index (Phi) is 2.14. The highest BCUT2D eigenvalue weighted by atomic mass is 15.2. The van der Waals surface area contributed by atoms with Gasteiger partial charge in [-0.05, 0) is 18.8 Å². The van der Waals surface area contributed by atoms with Crippen molar-refractivity contribution in [3.05, 3.63) is 0 Å². The molecule has 0 bridgehead atoms. The normalized spacial score (nSPS) is 40.1. The molecule has 2 aliphatic rings. The topological polar surface area (TPSA) is 15.3 Å². The molecule has 2 nitrogen and oxygen atoms in total. The van der Waals surface area contributed by atoms with E-state index in [1.807, 2.05) is 0 Å². The van der Waals surface area contributed by atoms with Crippen LogP contribution >= 0.6 is 0 Å². The van der Waals surface area contributed by atoms with Crippen LogP contribution in [0.5, 0.6) is 0 Å². The highest BCUT2D eigenvalue weighted by Gasteiger charge is 2.30. The monoisotopic (exact) mass is 154 g/mol. The molecule has 1 heterocycles. The predicted molar refractivity (Wildman–Crippen MR) is 46.6 cm³/mol. The molecule has 64 valence electrons. The molecule has 1 aliphatic heterocycles. The third kappa shape index (κ3) is 1.57. The fourth-order valence-corrected chi connectivity index (χ4v) is 2.21. The van der Waals surface area contributed by atoms with Crippen molar-refractivity contribution in [2.75, 3.05) is 26.2 Å². The molecule has 1 N–H and O–H groups in total. The summed E-state index contributed by atoms with van der Waals surface area (Å²) in [7, 11) is 0. The van der Waals surface area contributed by atoms with E-state index in [2.05, 4.69) is 17.1 Å². The summed E-state index contributed by atoms with van der Waals surface area (Å²) in [6.07, 6.45) is 2.89. The van der Waals surface area contributed by atoms with Gasteiger partial charge in [0.2, 0.25) is 0 Å². The van der Waals surface area contributed by atoms with Gasteiger partial charge >= 0.3 is 0 Å². The van der Waals surface area contributed by atoms with Gasteiger partial charge in [-0.1, -0.05) is 6.92 Å². The molecule has 0 amide bonds. The number of nitrogens with zero attached hydrogens (tertiary/aromatic N) is 1. The quantitative estimate of drug-likeness (QED) is 0.598. The van der Waals surface area contributed by atoms with Crippen LogP contribution in [0.15, 0.2) is 0 Å². The largest absolute Gasteiger partial charge is 0.314 e. The van der Waals surface area contributed by atoms with Gasteiger partial charge < -0.3 is 5.32 Å². The van der Waals surface area contributed by atoms with Crippen molar-refractivity contribution in [1.82, 2.24) is 10.2 Å². The van der Waals surface area contributed by atoms with Crippen LogP contribution in [0.3, 0.4) is 0 Å². The van der Waals surface area contributed by atoms with E-state index in [1.54, 1.807) is 0 Å². The van der Waals surface area contributed by atoms with Crippen molar-refractivity contribution in [2.45, 2.75) is 25.8 Å². The fourth-order valence-electron chi connectivity index (χ4n) is 2.21. The molecule has 2 rings (SSSR count). The Morgan fingerprint density at radius 2 is 1.82 bits per heavy atom. The summed E-state index contributed by atoms with van der Waals surface area (Å²) in [5.74, 6) is 0.995. The Hall–Kier alpha value is -0.0800. The maximum atomic E-state index is 3.39. The lowest BCUT2D eigenvalue weighted by atomic mass is 9.80. The highest BCUT2D eigenvalue weighted by molar-refractivity contribution is 4.86. The molecule has 0 radical (unpaired) electrons. The van der Waals surface area contributed by atoms with E-state index in [0.29, 0.717) is 0 Å². The maximum Gasteiger partial charge on any atom is 0.0110 e. The van der Waals surface area contributed by atoms with Crippen molar-refractivity contribution in [3.8, 4) is 0 Å². The standard InChI is InChI=1S/C9H18N2/c1-8-6-9(7-8)11-4-2-10-3-5-11/h8-10H,2-7H2,1H3. The molecule has 0 unspecified atom stereocenters. The SMILES string of the molecule is CC1CC(N2CCNCC2)C1. The molecule has 1 saturated heterocycles. The zero-order valence-electron chi connectivity index (χ0n) is 7.34. The summed E-state index contributed by atoms with van der Waals surface area (Å²) in [4.78, 5) is 2.65. The third-order valence-corrected chi connectivity index (χ3v) is 3.02. The number of hydrogen-bond donors (Lipinski definition) is 1. The molecule has 2 fully saturated rings. The molecule has 0 aromatic rings. The van der Waals surface area contributed by atoms with Gasteiger partial charge in [0.1, 0.15) is 0 Å². The predicted octanol–water partition coefficient (Wildman–Crippen LogP) is 0.690. The van der Waals surface area contributed by atoms with E-state index in [9.17, 15) is 0 Å². The van der Waals surface area contributed by atoms with E-state index < -0.39 is 0 Å². The molecule has 1 aliphatic carbocycles. The molecule has 0 aromatic carbocycles. The van der Waals surface area contributed by atoms with Crippen molar-refractivity contribution < 1.29 is 0 Å². The van der Waals surface area contributed by atoms with Crippen LogP contribution in [0.2, 0.25) is 0 Å². The van der Waals surface area contributed by atoms with Crippen LogP contribution < -0.4 is 5.32 Å². The molecule has 0 spiro atoms. The Morgan fingerprint density at radius 1 is 1.18 bits per heavy atom. The van der Waals surface area contributed by atoms with E-state index >= 15 is 0 Å². The molecule has 11 heavy (non-hydrogen) atoms. The first kappa shape index (κ1) is 7.56. The van der Waals surface area contributed by atoms with Crippen LogP contribution in [0.4, 0.5) is 0 Å². The van der Waals surface area contributed by atoms with Crippen molar-refractivity contribution in [1.29, 1.82) is 0 Å². The molecule has 2 heteroatoms. The van der Waals surface area contributed by atoms with E-state index in [-0.39, 0.29) is 0 Å². The Labute approximate surface area is 69.0 Å². The highest BCUT2D eigenvalue weighted by Crippen LogP contribution is 2.30. The van der Waals surface area contributed by atoms with Crippen LogP contribution in [0.1, 0.15) is 19.8 Å². The Balaban J connectivity index is 1.76. The van der Waals surface area contributed by atoms with E-state index in [4.69, 9.17) is 0 Å². The van der Waals surface area contributed by atoms with Crippen LogP contribution in [-0.4, -0.2) is 37.1 Å². The van der Waals surface area contributed by atoms with Gasteiger partial charge in [0.05, 0.1) is 0 Å². The Morgan fingerprint density at radius 3 is 2.36 bits per heavy atom. The van der Waals surface area contributed by atoms with Crippen LogP contribution in [0, 0.1) is 5.92 Å². The van der Waals surface area contributed by atoms with Gasteiger partial charge in [-0.3, -0.25) is 4.90 Å². The second kappa shape index (κ2) is 3.11. The summed E-state index contributed by atoms with van der Waals surface area (Å²) < 4.78 is 0. The number of rotatable bonds is 1. The summed E-state index contributed by atoms with van der Waals surface area (Å²) >= 11 is 0. The number of piperazine rings is 1. The summed E-state index contributed by atoms with van der Waals surface area (Å²) in [5, 5.41) is 3.39. The molecule has 0 aromatic heterocycles. The van der Waals surface area contributed by atoms with Gasteiger partial charge in [-0.15, -0.1) is 0 Å². The Bertz CT molecular complexity index is 124. The zero-order chi connectivity index (χ0) is 7.68. The summed E-state index contributed by atoms with van der Waals surface area (Å²) in [6, 6.07) is 0.937. The summed E-state index contributed by atoms with van der Waals surface area (Å²) in [6.45, 7) is 7.31. The van der Waals surface area contributed by atoms with Gasteiger partial charge in [0.25, 0.3) is 0 Å². The number of nitrogens with one attached hydrogen (secondary N) is 1. The van der Waals surface area contributed by atoms with Gasteiger partial charge in [-0.2, -0.15) is 0 Å². The maximum absolute atomic E-state index is 3.39. The lowest BCUT2D eigenvalue weighted by molar-refractivity contribution is 0.0753. The second-order valence-corrected chi connectivity index (χ2v) is 4.02. The first-order valence-corrected chi connectivity index (χ1v) is 4.81. The average Bonchev–Trinajstić information content (AvgIpc) is 2.01. The minimum absolute atomic E-state index is 0.937. The van der Waals surface area contributed by atoms with Crippen molar-refractivity contribution in [3.63, 3.8) is 0 Å². The van der Waals surface area contributed by atoms with Crippen LogP contribution in [0.25, 0.3) is 0 Å². The summed E-state index contributed by atoms with van der Waals surface area (Å²) in [5.41, 5.74) is 0. The van der Waals surface area contributed by atoms with Crippen LogP contribution in [-0.2, 0) is 0 Å². The minimum Gasteiger partial charge on any atom is -0.314 e. The van der Waals surface area contributed by atoms with E-state index in [0.717, 1.165) is 12.0 Å².